The smallest absolute Gasteiger partial charge is 0.224 e. The van der Waals surface area contributed by atoms with Crippen molar-refractivity contribution in [1.82, 2.24) is 39.8 Å². The summed E-state index contributed by atoms with van der Waals surface area (Å²) in [6, 6.07) is 9.75. The molecule has 1 aromatic carbocycles. The Balaban J connectivity index is 1.36. The molecular formula is C30H28FN9O3S. The van der Waals surface area contributed by atoms with E-state index >= 15 is 0 Å². The lowest BCUT2D eigenvalue weighted by molar-refractivity contribution is -0.116. The lowest BCUT2D eigenvalue weighted by Gasteiger charge is -2.08. The summed E-state index contributed by atoms with van der Waals surface area (Å²) in [5.74, 6) is 0.0728. The minimum absolute atomic E-state index is 0.0536. The summed E-state index contributed by atoms with van der Waals surface area (Å²) in [6.07, 6.45) is 7.96. The van der Waals surface area contributed by atoms with E-state index in [2.05, 4.69) is 40.2 Å². The average molecular weight is 614 g/mol. The van der Waals surface area contributed by atoms with Gasteiger partial charge in [-0.2, -0.15) is 5.10 Å². The summed E-state index contributed by atoms with van der Waals surface area (Å²) in [5.41, 5.74) is 5.67. The molecule has 14 heteroatoms. The Hall–Kier alpha value is -5.08. The van der Waals surface area contributed by atoms with E-state index in [0.29, 0.717) is 68.3 Å². The number of hydrogen-bond donors (Lipinski definition) is 4. The molecule has 0 spiro atoms. The topological polar surface area (TPSA) is 171 Å². The van der Waals surface area contributed by atoms with Gasteiger partial charge in [-0.1, -0.05) is 13.8 Å². The fourth-order valence-corrected chi connectivity index (χ4v) is 5.29. The number of benzene rings is 1. The fraction of sp³-hybridized carbons (Fsp3) is 0.200. The van der Waals surface area contributed by atoms with E-state index in [1.165, 1.54) is 12.1 Å². The van der Waals surface area contributed by atoms with Crippen molar-refractivity contribution < 1.29 is 17.6 Å². The predicted octanol–water partition coefficient (Wildman–Crippen LogP) is 4.80. The minimum atomic E-state index is -3.45. The van der Waals surface area contributed by atoms with Gasteiger partial charge in [-0.3, -0.25) is 19.9 Å². The van der Waals surface area contributed by atoms with E-state index in [1.54, 1.807) is 36.9 Å². The summed E-state index contributed by atoms with van der Waals surface area (Å²) >= 11 is 0. The monoisotopic (exact) mass is 613 g/mol. The number of nitrogens with zero attached hydrogens (tertiary/aromatic N) is 5. The summed E-state index contributed by atoms with van der Waals surface area (Å²) in [4.78, 5) is 33.5. The quantitative estimate of drug-likeness (QED) is 0.180. The summed E-state index contributed by atoms with van der Waals surface area (Å²) in [5, 5.41) is 11.1. The van der Waals surface area contributed by atoms with Gasteiger partial charge >= 0.3 is 0 Å². The van der Waals surface area contributed by atoms with Crippen LogP contribution in [0, 0.1) is 11.7 Å². The highest BCUT2D eigenvalue weighted by Gasteiger charge is 2.18. The molecule has 4 N–H and O–H groups in total. The molecule has 0 aliphatic heterocycles. The molecular weight excluding hydrogens is 585 g/mol. The Kier molecular flexibility index (Phi) is 7.61. The largest absolute Gasteiger partial charge is 0.325 e. The molecule has 44 heavy (non-hydrogen) atoms. The second-order valence-corrected chi connectivity index (χ2v) is 12.7. The fourth-order valence-electron chi connectivity index (χ4n) is 4.86. The maximum atomic E-state index is 14.6. The van der Waals surface area contributed by atoms with Crippen LogP contribution >= 0.6 is 0 Å². The van der Waals surface area contributed by atoms with Crippen molar-refractivity contribution in [2.75, 3.05) is 11.6 Å². The van der Waals surface area contributed by atoms with Gasteiger partial charge in [0.1, 0.15) is 17.0 Å². The van der Waals surface area contributed by atoms with Crippen LogP contribution in [-0.2, 0) is 21.4 Å². The number of aromatic amines is 2. The zero-order valence-electron chi connectivity index (χ0n) is 24.0. The van der Waals surface area contributed by atoms with Gasteiger partial charge < -0.3 is 10.3 Å². The van der Waals surface area contributed by atoms with E-state index in [4.69, 9.17) is 4.98 Å². The number of halogens is 1. The number of imidazole rings is 1. The van der Waals surface area contributed by atoms with Crippen molar-refractivity contribution in [2.24, 2.45) is 5.92 Å². The van der Waals surface area contributed by atoms with Crippen LogP contribution in [0.1, 0.15) is 25.8 Å². The van der Waals surface area contributed by atoms with Crippen molar-refractivity contribution in [3.63, 3.8) is 0 Å². The third-order valence-corrected chi connectivity index (χ3v) is 7.44. The second-order valence-electron chi connectivity index (χ2n) is 10.9. The van der Waals surface area contributed by atoms with E-state index in [0.717, 1.165) is 11.6 Å². The summed E-state index contributed by atoms with van der Waals surface area (Å²) < 4.78 is 40.1. The standard InChI is InChI=1S/C30H28FN9O3S/c1-16(2)6-26(41)36-21-10-19(13-32-14-21)24-11-23-25(15-34-24)39-40-28(23)30-37-27-22(4-5-33-29(27)38-30)18-7-17(8-20(31)9-18)12-35-44(3,42)43/h4-5,7-11,13-16,35H,6,12H2,1-3H3,(H,36,41)(H,39,40)(H,33,37,38). The molecule has 0 aliphatic rings. The van der Waals surface area contributed by atoms with Crippen LogP contribution < -0.4 is 10.0 Å². The van der Waals surface area contributed by atoms with E-state index in [-0.39, 0.29) is 18.4 Å². The molecule has 12 nitrogen and oxygen atoms in total. The summed E-state index contributed by atoms with van der Waals surface area (Å²) in [7, 11) is -3.45. The molecule has 224 valence electrons. The lowest BCUT2D eigenvalue weighted by atomic mass is 10.0. The molecule has 0 saturated heterocycles. The van der Waals surface area contributed by atoms with Gasteiger partial charge in [0.2, 0.25) is 15.9 Å². The van der Waals surface area contributed by atoms with Crippen molar-refractivity contribution >= 4 is 43.7 Å². The molecule has 0 radical (unpaired) electrons. The van der Waals surface area contributed by atoms with Crippen LogP contribution in [0.25, 0.3) is 56.0 Å². The van der Waals surface area contributed by atoms with Gasteiger partial charge in [0, 0.05) is 41.9 Å². The first kappa shape index (κ1) is 29.0. The molecule has 0 fully saturated rings. The molecule has 0 aliphatic carbocycles. The summed E-state index contributed by atoms with van der Waals surface area (Å²) in [6.45, 7) is 3.91. The number of fused-ring (bicyclic) bond motifs is 2. The molecule has 0 saturated carbocycles. The Morgan fingerprint density at radius 2 is 1.89 bits per heavy atom. The lowest BCUT2D eigenvalue weighted by Crippen LogP contribution is -2.21. The van der Waals surface area contributed by atoms with E-state index < -0.39 is 15.8 Å². The SMILES string of the molecule is CC(C)CC(=O)Nc1cncc(-c2cc3c(-c4nc5c(-c6cc(F)cc(CNS(C)(=O)=O)c6)ccnc5[nH]4)n[nH]c3cn2)c1. The number of sulfonamides is 1. The maximum absolute atomic E-state index is 14.6. The number of anilines is 1. The number of rotatable bonds is 9. The first-order valence-electron chi connectivity index (χ1n) is 13.7. The number of pyridine rings is 3. The third kappa shape index (κ3) is 6.31. The first-order chi connectivity index (χ1) is 21.0. The van der Waals surface area contributed by atoms with Crippen LogP contribution in [0.5, 0.6) is 0 Å². The van der Waals surface area contributed by atoms with E-state index in [9.17, 15) is 17.6 Å². The number of H-pyrrole nitrogens is 2. The maximum Gasteiger partial charge on any atom is 0.224 e. The number of nitrogens with one attached hydrogen (secondary N) is 4. The molecule has 0 bridgehead atoms. The molecule has 0 unspecified atom stereocenters. The molecule has 5 heterocycles. The van der Waals surface area contributed by atoms with Crippen molar-refractivity contribution in [3.8, 4) is 33.9 Å². The number of amides is 1. The second kappa shape index (κ2) is 11.5. The van der Waals surface area contributed by atoms with Gasteiger partial charge in [0.25, 0.3) is 0 Å². The van der Waals surface area contributed by atoms with Gasteiger partial charge in [-0.15, -0.1) is 0 Å². The minimum Gasteiger partial charge on any atom is -0.325 e. The van der Waals surface area contributed by atoms with Gasteiger partial charge in [0.05, 0.1) is 35.5 Å². The van der Waals surface area contributed by atoms with Crippen molar-refractivity contribution in [2.45, 2.75) is 26.8 Å². The molecule has 6 aromatic rings. The zero-order valence-corrected chi connectivity index (χ0v) is 24.8. The number of hydrogen-bond acceptors (Lipinski definition) is 8. The number of aromatic nitrogens is 7. The Bertz CT molecular complexity index is 2140. The normalized spacial score (nSPS) is 11.9. The molecule has 6 rings (SSSR count). The van der Waals surface area contributed by atoms with Crippen molar-refractivity contribution in [3.05, 3.63) is 72.6 Å². The van der Waals surface area contributed by atoms with Crippen LogP contribution in [0.3, 0.4) is 0 Å². The van der Waals surface area contributed by atoms with Crippen LogP contribution in [0.2, 0.25) is 0 Å². The van der Waals surface area contributed by atoms with Crippen molar-refractivity contribution in [1.29, 1.82) is 0 Å². The highest BCUT2D eigenvalue weighted by molar-refractivity contribution is 7.88. The molecule has 5 aromatic heterocycles. The van der Waals surface area contributed by atoms with Gasteiger partial charge in [-0.05, 0) is 53.4 Å². The highest BCUT2D eigenvalue weighted by Crippen LogP contribution is 2.32. The Morgan fingerprint density at radius 1 is 1.05 bits per heavy atom. The molecule has 1 amide bonds. The predicted molar refractivity (Wildman–Crippen MR) is 165 cm³/mol. The first-order valence-corrected chi connectivity index (χ1v) is 15.6. The van der Waals surface area contributed by atoms with Gasteiger partial charge in [-0.25, -0.2) is 27.5 Å². The van der Waals surface area contributed by atoms with E-state index in [1.807, 2.05) is 26.0 Å². The average Bonchev–Trinajstić information content (AvgIpc) is 3.59. The third-order valence-electron chi connectivity index (χ3n) is 6.77. The number of carbonyl (C=O) groups is 1. The Morgan fingerprint density at radius 3 is 2.68 bits per heavy atom. The van der Waals surface area contributed by atoms with Crippen LogP contribution in [-0.4, -0.2) is 55.7 Å². The Labute approximate surface area is 251 Å². The van der Waals surface area contributed by atoms with Crippen LogP contribution in [0.4, 0.5) is 10.1 Å². The molecule has 0 atom stereocenters. The van der Waals surface area contributed by atoms with Crippen LogP contribution in [0.15, 0.2) is 61.2 Å². The highest BCUT2D eigenvalue weighted by atomic mass is 32.2. The van der Waals surface area contributed by atoms with Gasteiger partial charge in [0.15, 0.2) is 11.5 Å². The number of carbonyl (C=O) groups excluding carboxylic acids is 1. The zero-order chi connectivity index (χ0) is 31.0.